The molecule has 2 aromatic rings. The van der Waals surface area contributed by atoms with Crippen molar-refractivity contribution in [3.63, 3.8) is 0 Å². The highest BCUT2D eigenvalue weighted by Crippen LogP contribution is 2.15. The molecule has 1 saturated heterocycles. The van der Waals surface area contributed by atoms with Crippen molar-refractivity contribution in [1.82, 2.24) is 9.88 Å². The number of nitrogens with one attached hydrogen (secondary N) is 2. The number of aromatic nitrogens is 1. The zero-order valence-electron chi connectivity index (χ0n) is 16.4. The molecule has 29 heavy (non-hydrogen) atoms. The molecular formula is C23H26N4O2. The number of hydrogen-bond donors (Lipinski definition) is 2. The van der Waals surface area contributed by atoms with Crippen LogP contribution in [0.1, 0.15) is 11.1 Å². The van der Waals surface area contributed by atoms with Crippen LogP contribution in [0.2, 0.25) is 0 Å². The number of ether oxygens (including phenoxy) is 1. The summed E-state index contributed by atoms with van der Waals surface area (Å²) in [6.45, 7) is 8.02. The lowest BCUT2D eigenvalue weighted by Crippen LogP contribution is -2.35. The summed E-state index contributed by atoms with van der Waals surface area (Å²) < 4.78 is 5.39. The second kappa shape index (κ2) is 10.9. The van der Waals surface area contributed by atoms with E-state index in [9.17, 15) is 4.79 Å². The van der Waals surface area contributed by atoms with Crippen LogP contribution in [0.3, 0.4) is 0 Å². The maximum atomic E-state index is 11.3. The van der Waals surface area contributed by atoms with Crippen LogP contribution >= 0.6 is 0 Å². The predicted molar refractivity (Wildman–Crippen MR) is 119 cm³/mol. The van der Waals surface area contributed by atoms with Crippen molar-refractivity contribution in [2.24, 2.45) is 4.99 Å². The quantitative estimate of drug-likeness (QED) is 0.535. The van der Waals surface area contributed by atoms with Crippen molar-refractivity contribution in [3.05, 3.63) is 94.7 Å². The van der Waals surface area contributed by atoms with Crippen molar-refractivity contribution >= 4 is 18.0 Å². The van der Waals surface area contributed by atoms with E-state index < -0.39 is 0 Å². The highest BCUT2D eigenvalue weighted by molar-refractivity contribution is 5.74. The molecule has 0 spiro atoms. The number of allylic oxidation sites excluding steroid dienone is 4. The molecule has 1 aromatic carbocycles. The van der Waals surface area contributed by atoms with Gasteiger partial charge >= 0.3 is 0 Å². The first-order chi connectivity index (χ1) is 14.2. The van der Waals surface area contributed by atoms with Gasteiger partial charge in [-0.25, -0.2) is 0 Å². The third kappa shape index (κ3) is 6.71. The average Bonchev–Trinajstić information content (AvgIpc) is 2.76. The second-order valence-electron chi connectivity index (χ2n) is 6.65. The molecule has 2 N–H and O–H groups in total. The molecular weight excluding hydrogens is 364 g/mol. The Balaban J connectivity index is 1.59. The van der Waals surface area contributed by atoms with Crippen molar-refractivity contribution in [1.29, 1.82) is 0 Å². The Labute approximate surface area is 170 Å². The van der Waals surface area contributed by atoms with Gasteiger partial charge in [-0.2, -0.15) is 0 Å². The Hall–Kier alpha value is -3.22. The number of benzene rings is 1. The van der Waals surface area contributed by atoms with Crippen LogP contribution < -0.4 is 10.9 Å². The highest BCUT2D eigenvalue weighted by atomic mass is 16.5. The molecule has 1 fully saturated rings. The minimum absolute atomic E-state index is 0.131. The molecule has 6 nitrogen and oxygen atoms in total. The fraction of sp³-hybridized carbons (Fsp3) is 0.217. The van der Waals surface area contributed by atoms with E-state index in [0.717, 1.165) is 49.7 Å². The Morgan fingerprint density at radius 1 is 1.21 bits per heavy atom. The van der Waals surface area contributed by atoms with Crippen molar-refractivity contribution < 1.29 is 4.74 Å². The highest BCUT2D eigenvalue weighted by Gasteiger charge is 2.10. The van der Waals surface area contributed by atoms with Crippen LogP contribution in [0, 0.1) is 0 Å². The van der Waals surface area contributed by atoms with Gasteiger partial charge in [0.2, 0.25) is 5.56 Å². The van der Waals surface area contributed by atoms with Gasteiger partial charge in [-0.05, 0) is 53.8 Å². The Kier molecular flexibility index (Phi) is 7.74. The number of morpholine rings is 1. The third-order valence-corrected chi connectivity index (χ3v) is 4.56. The SMILES string of the molecule is C=N\C=C/C(=C/C=C/Nc1ccc(CN2CCOCC2)cc1)c1ccc(=O)[nH]c1. The maximum absolute atomic E-state index is 11.3. The van der Waals surface area contributed by atoms with E-state index >= 15 is 0 Å². The summed E-state index contributed by atoms with van der Waals surface area (Å²) in [5, 5.41) is 3.27. The standard InChI is InChI=1S/C23H26N4O2/c1-24-12-10-20(21-6-9-23(28)26-17-21)3-2-11-25-22-7-4-19(5-8-22)18-27-13-15-29-16-14-27/h2-12,17,25H,1,13-16,18H2,(H,26,28)/b11-2+,12-10-,20-3-. The van der Waals surface area contributed by atoms with E-state index in [2.05, 4.69) is 51.2 Å². The topological polar surface area (TPSA) is 69.7 Å². The smallest absolute Gasteiger partial charge is 0.247 e. The Bertz CT molecular complexity index is 916. The lowest BCUT2D eigenvalue weighted by atomic mass is 10.1. The van der Waals surface area contributed by atoms with Crippen LogP contribution in [0.5, 0.6) is 0 Å². The van der Waals surface area contributed by atoms with Crippen LogP contribution in [-0.4, -0.2) is 42.9 Å². The molecule has 0 atom stereocenters. The van der Waals surface area contributed by atoms with Crippen molar-refractivity contribution in [3.8, 4) is 0 Å². The first-order valence-corrected chi connectivity index (χ1v) is 9.58. The molecule has 0 radical (unpaired) electrons. The summed E-state index contributed by atoms with van der Waals surface area (Å²) in [5.74, 6) is 0. The molecule has 150 valence electrons. The summed E-state index contributed by atoms with van der Waals surface area (Å²) in [7, 11) is 0. The number of pyridine rings is 1. The molecule has 0 bridgehead atoms. The molecule has 0 aliphatic carbocycles. The average molecular weight is 390 g/mol. The lowest BCUT2D eigenvalue weighted by Gasteiger charge is -2.26. The van der Waals surface area contributed by atoms with E-state index in [1.807, 2.05) is 24.4 Å². The van der Waals surface area contributed by atoms with Gasteiger partial charge in [-0.1, -0.05) is 18.2 Å². The van der Waals surface area contributed by atoms with Gasteiger partial charge in [0.25, 0.3) is 0 Å². The normalized spacial score (nSPS) is 15.8. The van der Waals surface area contributed by atoms with E-state index in [0.29, 0.717) is 0 Å². The molecule has 0 unspecified atom stereocenters. The number of rotatable bonds is 8. The molecule has 1 aliphatic rings. The molecule has 3 rings (SSSR count). The van der Waals surface area contributed by atoms with Crippen LogP contribution in [-0.2, 0) is 11.3 Å². The summed E-state index contributed by atoms with van der Waals surface area (Å²) in [6.07, 6.45) is 10.9. The number of aliphatic imine (C=N–C) groups is 1. The maximum Gasteiger partial charge on any atom is 0.247 e. The largest absolute Gasteiger partial charge is 0.379 e. The van der Waals surface area contributed by atoms with Crippen LogP contribution in [0.4, 0.5) is 5.69 Å². The van der Waals surface area contributed by atoms with Crippen molar-refractivity contribution in [2.45, 2.75) is 6.54 Å². The first-order valence-electron chi connectivity index (χ1n) is 9.58. The van der Waals surface area contributed by atoms with Gasteiger partial charge in [0.15, 0.2) is 0 Å². The molecule has 1 aromatic heterocycles. The molecule has 1 aliphatic heterocycles. The van der Waals surface area contributed by atoms with E-state index in [-0.39, 0.29) is 5.56 Å². The summed E-state index contributed by atoms with van der Waals surface area (Å²) >= 11 is 0. The fourth-order valence-electron chi connectivity index (χ4n) is 2.99. The van der Waals surface area contributed by atoms with Crippen LogP contribution in [0.15, 0.2) is 83.0 Å². The molecule has 0 amide bonds. The molecule has 0 saturated carbocycles. The second-order valence-corrected chi connectivity index (χ2v) is 6.65. The minimum atomic E-state index is -0.131. The fourth-order valence-corrected chi connectivity index (χ4v) is 2.99. The zero-order chi connectivity index (χ0) is 20.3. The number of nitrogens with zero attached hydrogens (tertiary/aromatic N) is 2. The summed E-state index contributed by atoms with van der Waals surface area (Å²) in [5.41, 5.74) is 3.99. The van der Waals surface area contributed by atoms with Crippen molar-refractivity contribution in [2.75, 3.05) is 31.6 Å². The van der Waals surface area contributed by atoms with Gasteiger partial charge in [0.1, 0.15) is 0 Å². The van der Waals surface area contributed by atoms with Gasteiger partial charge in [-0.3, -0.25) is 14.7 Å². The third-order valence-electron chi connectivity index (χ3n) is 4.56. The van der Waals surface area contributed by atoms with E-state index in [4.69, 9.17) is 4.74 Å². The van der Waals surface area contributed by atoms with Crippen LogP contribution in [0.25, 0.3) is 5.57 Å². The number of anilines is 1. The zero-order valence-corrected chi connectivity index (χ0v) is 16.4. The summed E-state index contributed by atoms with van der Waals surface area (Å²) in [6, 6.07) is 11.7. The molecule has 6 heteroatoms. The number of aromatic amines is 1. The van der Waals surface area contributed by atoms with Gasteiger partial charge in [-0.15, -0.1) is 0 Å². The van der Waals surface area contributed by atoms with E-state index in [1.165, 1.54) is 11.6 Å². The lowest BCUT2D eigenvalue weighted by molar-refractivity contribution is 0.0342. The van der Waals surface area contributed by atoms with Gasteiger partial charge in [0, 0.05) is 50.0 Å². The minimum Gasteiger partial charge on any atom is -0.379 e. The van der Waals surface area contributed by atoms with E-state index in [1.54, 1.807) is 18.5 Å². The van der Waals surface area contributed by atoms with Gasteiger partial charge < -0.3 is 15.0 Å². The number of hydrogen-bond acceptors (Lipinski definition) is 5. The Morgan fingerprint density at radius 3 is 2.69 bits per heavy atom. The first kappa shape index (κ1) is 20.5. The number of H-pyrrole nitrogens is 1. The molecule has 2 heterocycles. The predicted octanol–water partition coefficient (Wildman–Crippen LogP) is 3.43. The monoisotopic (exact) mass is 390 g/mol. The Morgan fingerprint density at radius 2 is 2.00 bits per heavy atom. The van der Waals surface area contributed by atoms with Gasteiger partial charge in [0.05, 0.1) is 13.2 Å². The summed E-state index contributed by atoms with van der Waals surface area (Å²) in [4.78, 5) is 20.1.